The molecule has 8 heteroatoms. The number of aromatic amines is 1. The number of aromatic nitrogens is 2. The number of hydrogen-bond donors (Lipinski definition) is 2. The monoisotopic (exact) mass is 466 g/mol. The summed E-state index contributed by atoms with van der Waals surface area (Å²) in [6, 6.07) is 15.8. The molecule has 33 heavy (non-hydrogen) atoms. The van der Waals surface area contributed by atoms with Crippen molar-refractivity contribution in [3.05, 3.63) is 59.7 Å². The molecular weight excluding hydrogens is 436 g/mol. The first-order chi connectivity index (χ1) is 16.1. The van der Waals surface area contributed by atoms with Gasteiger partial charge in [-0.25, -0.2) is 4.98 Å². The maximum absolute atomic E-state index is 12.9. The minimum atomic E-state index is -0.0192. The van der Waals surface area contributed by atoms with E-state index in [9.17, 15) is 9.59 Å². The van der Waals surface area contributed by atoms with E-state index in [-0.39, 0.29) is 17.7 Å². The molecule has 7 nitrogen and oxygen atoms in total. The Balaban J connectivity index is 1.24. The number of methoxy groups -OCH3 is 1. The molecule has 3 aromatic rings. The molecule has 1 fully saturated rings. The van der Waals surface area contributed by atoms with Crippen LogP contribution in [0.3, 0.4) is 0 Å². The fraction of sp³-hybridized carbons (Fsp3) is 0.400. The number of nitrogens with one attached hydrogen (secondary N) is 2. The van der Waals surface area contributed by atoms with E-state index in [2.05, 4.69) is 15.3 Å². The van der Waals surface area contributed by atoms with Crippen molar-refractivity contribution >= 4 is 34.6 Å². The maximum atomic E-state index is 12.9. The molecule has 2 amide bonds. The van der Waals surface area contributed by atoms with Crippen molar-refractivity contribution < 1.29 is 14.3 Å². The minimum Gasteiger partial charge on any atom is -0.385 e. The second kappa shape index (κ2) is 11.3. The van der Waals surface area contributed by atoms with Crippen LogP contribution in [0.1, 0.15) is 35.2 Å². The maximum Gasteiger partial charge on any atom is 0.253 e. The second-order valence-corrected chi connectivity index (χ2v) is 9.21. The predicted molar refractivity (Wildman–Crippen MR) is 130 cm³/mol. The highest BCUT2D eigenvalue weighted by Gasteiger charge is 2.27. The first kappa shape index (κ1) is 23.3. The number of amides is 2. The number of para-hydroxylation sites is 2. The van der Waals surface area contributed by atoms with Crippen LogP contribution in [0.15, 0.2) is 53.7 Å². The molecule has 2 N–H and O–H groups in total. The van der Waals surface area contributed by atoms with E-state index in [4.69, 9.17) is 4.74 Å². The Morgan fingerprint density at radius 2 is 1.91 bits per heavy atom. The van der Waals surface area contributed by atoms with E-state index in [0.717, 1.165) is 33.9 Å². The highest BCUT2D eigenvalue weighted by atomic mass is 32.2. The molecule has 0 saturated carbocycles. The average molecular weight is 467 g/mol. The summed E-state index contributed by atoms with van der Waals surface area (Å²) in [5.41, 5.74) is 3.83. The molecule has 1 saturated heterocycles. The van der Waals surface area contributed by atoms with E-state index in [1.807, 2.05) is 53.4 Å². The number of imidazole rings is 1. The molecule has 0 aliphatic carbocycles. The van der Waals surface area contributed by atoms with Gasteiger partial charge in [-0.05, 0) is 49.1 Å². The number of carbonyl (C=O) groups is 2. The lowest BCUT2D eigenvalue weighted by Crippen LogP contribution is -2.43. The smallest absolute Gasteiger partial charge is 0.253 e. The number of fused-ring (bicyclic) bond motifs is 1. The third-order valence-electron chi connectivity index (χ3n) is 5.92. The Morgan fingerprint density at radius 1 is 1.15 bits per heavy atom. The average Bonchev–Trinajstić information content (AvgIpc) is 3.28. The van der Waals surface area contributed by atoms with Gasteiger partial charge in [-0.15, -0.1) is 0 Å². The van der Waals surface area contributed by atoms with E-state index in [1.165, 1.54) is 0 Å². The third-order valence-corrected chi connectivity index (χ3v) is 6.87. The molecule has 2 heterocycles. The van der Waals surface area contributed by atoms with Crippen LogP contribution in [0.25, 0.3) is 11.0 Å². The topological polar surface area (TPSA) is 87.3 Å². The number of H-pyrrole nitrogens is 1. The molecule has 4 rings (SSSR count). The molecule has 174 valence electrons. The lowest BCUT2D eigenvalue weighted by molar-refractivity contribution is -0.126. The van der Waals surface area contributed by atoms with Gasteiger partial charge in [-0.2, -0.15) is 0 Å². The Morgan fingerprint density at radius 3 is 2.64 bits per heavy atom. The highest BCUT2D eigenvalue weighted by Crippen LogP contribution is 2.24. The number of thioether (sulfide) groups is 1. The van der Waals surface area contributed by atoms with Gasteiger partial charge in [0.05, 0.1) is 11.0 Å². The SMILES string of the molecule is COCCCNC(=O)C1CCN(C(=O)c2ccc(CSc3nc4ccccc4[nH]3)cc2)CC1. The standard InChI is InChI=1S/C25H30N4O3S/c1-32-16-4-13-26-23(30)19-11-14-29(15-12-19)24(31)20-9-7-18(8-10-20)17-33-25-27-21-5-2-3-6-22(21)28-25/h2-3,5-10,19H,4,11-17H2,1H3,(H,26,30)(H,27,28). The van der Waals surface area contributed by atoms with Gasteiger partial charge in [0.15, 0.2) is 5.16 Å². The van der Waals surface area contributed by atoms with E-state index in [1.54, 1.807) is 18.9 Å². The summed E-state index contributed by atoms with van der Waals surface area (Å²) in [5, 5.41) is 3.86. The summed E-state index contributed by atoms with van der Waals surface area (Å²) < 4.78 is 5.00. The molecule has 0 atom stereocenters. The van der Waals surface area contributed by atoms with Crippen LogP contribution in [0, 0.1) is 5.92 Å². The molecule has 2 aromatic carbocycles. The zero-order valence-corrected chi connectivity index (χ0v) is 19.7. The number of nitrogens with zero attached hydrogens (tertiary/aromatic N) is 2. The van der Waals surface area contributed by atoms with Gasteiger partial charge in [-0.3, -0.25) is 9.59 Å². The van der Waals surface area contributed by atoms with Crippen molar-refractivity contribution in [1.29, 1.82) is 0 Å². The van der Waals surface area contributed by atoms with E-state index in [0.29, 0.717) is 44.6 Å². The number of hydrogen-bond acceptors (Lipinski definition) is 5. The number of ether oxygens (including phenoxy) is 1. The Labute approximate surface area is 198 Å². The van der Waals surface area contributed by atoms with Crippen LogP contribution in [0.4, 0.5) is 0 Å². The van der Waals surface area contributed by atoms with Crippen molar-refractivity contribution in [3.8, 4) is 0 Å². The normalized spacial score (nSPS) is 14.5. The number of likely N-dealkylation sites (tertiary alicyclic amines) is 1. The van der Waals surface area contributed by atoms with Crippen molar-refractivity contribution in [2.75, 3.05) is 33.4 Å². The van der Waals surface area contributed by atoms with Gasteiger partial charge in [0.25, 0.3) is 5.91 Å². The van der Waals surface area contributed by atoms with Crippen LogP contribution >= 0.6 is 11.8 Å². The van der Waals surface area contributed by atoms with Crippen LogP contribution in [-0.4, -0.2) is 60.0 Å². The lowest BCUT2D eigenvalue weighted by Gasteiger charge is -2.31. The number of carbonyl (C=O) groups excluding carboxylic acids is 2. The molecule has 1 aliphatic heterocycles. The predicted octanol–water partition coefficient (Wildman–Crippen LogP) is 3.86. The van der Waals surface area contributed by atoms with Crippen LogP contribution in [-0.2, 0) is 15.3 Å². The fourth-order valence-corrected chi connectivity index (χ4v) is 4.83. The second-order valence-electron chi connectivity index (χ2n) is 8.25. The molecule has 1 aliphatic rings. The summed E-state index contributed by atoms with van der Waals surface area (Å²) >= 11 is 1.65. The highest BCUT2D eigenvalue weighted by molar-refractivity contribution is 7.98. The van der Waals surface area contributed by atoms with Gasteiger partial charge in [0, 0.05) is 50.6 Å². The van der Waals surface area contributed by atoms with Crippen molar-refractivity contribution in [2.45, 2.75) is 30.2 Å². The van der Waals surface area contributed by atoms with Gasteiger partial charge in [0.2, 0.25) is 5.91 Å². The lowest BCUT2D eigenvalue weighted by atomic mass is 9.95. The molecule has 0 radical (unpaired) electrons. The van der Waals surface area contributed by atoms with Crippen molar-refractivity contribution in [2.24, 2.45) is 5.92 Å². The number of benzene rings is 2. The van der Waals surface area contributed by atoms with Crippen LogP contribution < -0.4 is 5.32 Å². The molecular formula is C25H30N4O3S. The van der Waals surface area contributed by atoms with E-state index >= 15 is 0 Å². The van der Waals surface area contributed by atoms with Gasteiger partial charge >= 0.3 is 0 Å². The summed E-state index contributed by atoms with van der Waals surface area (Å²) in [7, 11) is 1.66. The zero-order chi connectivity index (χ0) is 23.0. The Bertz CT molecular complexity index is 1040. The van der Waals surface area contributed by atoms with Gasteiger partial charge in [-0.1, -0.05) is 36.0 Å². The molecule has 0 unspecified atom stereocenters. The molecule has 0 bridgehead atoms. The van der Waals surface area contributed by atoms with Crippen molar-refractivity contribution in [3.63, 3.8) is 0 Å². The van der Waals surface area contributed by atoms with Crippen LogP contribution in [0.5, 0.6) is 0 Å². The minimum absolute atomic E-state index is 0.0192. The molecule has 0 spiro atoms. The first-order valence-corrected chi connectivity index (χ1v) is 12.3. The largest absolute Gasteiger partial charge is 0.385 e. The summed E-state index contributed by atoms with van der Waals surface area (Å²) in [6.07, 6.45) is 2.22. The Kier molecular flexibility index (Phi) is 8.01. The van der Waals surface area contributed by atoms with Crippen molar-refractivity contribution in [1.82, 2.24) is 20.2 Å². The Hall–Kier alpha value is -2.84. The fourth-order valence-electron chi connectivity index (χ4n) is 3.99. The summed E-state index contributed by atoms with van der Waals surface area (Å²) in [4.78, 5) is 35.0. The third kappa shape index (κ3) is 6.15. The van der Waals surface area contributed by atoms with Gasteiger partial charge < -0.3 is 19.9 Å². The van der Waals surface area contributed by atoms with Gasteiger partial charge in [0.1, 0.15) is 0 Å². The van der Waals surface area contributed by atoms with E-state index < -0.39 is 0 Å². The summed E-state index contributed by atoms with van der Waals surface area (Å²) in [5.74, 6) is 0.878. The number of piperidine rings is 1. The quantitative estimate of drug-likeness (QED) is 0.369. The molecule has 1 aromatic heterocycles. The van der Waals surface area contributed by atoms with Crippen LogP contribution in [0.2, 0.25) is 0 Å². The zero-order valence-electron chi connectivity index (χ0n) is 18.9. The first-order valence-electron chi connectivity index (χ1n) is 11.4. The number of rotatable bonds is 9. The summed E-state index contributed by atoms with van der Waals surface area (Å²) in [6.45, 7) is 2.49.